The fourth-order valence-corrected chi connectivity index (χ4v) is 2.54. The number of rotatable bonds is 3. The number of amides is 1. The van der Waals surface area contributed by atoms with Crippen LogP contribution in [0.5, 0.6) is 0 Å². The van der Waals surface area contributed by atoms with E-state index in [4.69, 9.17) is 4.52 Å². The number of benzene rings is 1. The summed E-state index contributed by atoms with van der Waals surface area (Å²) in [6, 6.07) is 11.7. The molecule has 0 spiro atoms. The summed E-state index contributed by atoms with van der Waals surface area (Å²) in [5, 5.41) is 4.00. The lowest BCUT2D eigenvalue weighted by Gasteiger charge is -2.26. The fourth-order valence-electron chi connectivity index (χ4n) is 2.54. The van der Waals surface area contributed by atoms with Crippen molar-refractivity contribution in [2.45, 2.75) is 25.7 Å². The van der Waals surface area contributed by atoms with Crippen molar-refractivity contribution in [1.82, 2.24) is 10.1 Å². The number of likely N-dealkylation sites (tertiary alicyclic amines) is 1. The van der Waals surface area contributed by atoms with Gasteiger partial charge in [-0.2, -0.15) is 0 Å². The Labute approximate surface area is 118 Å². The van der Waals surface area contributed by atoms with Gasteiger partial charge in [0.15, 0.2) is 5.76 Å². The van der Waals surface area contributed by atoms with Crippen LogP contribution in [-0.4, -0.2) is 29.1 Å². The Morgan fingerprint density at radius 1 is 1.15 bits per heavy atom. The normalized spacial score (nSPS) is 15.3. The number of nitrogens with zero attached hydrogens (tertiary/aromatic N) is 2. The van der Waals surface area contributed by atoms with Crippen LogP contribution in [0, 0.1) is 0 Å². The predicted molar refractivity (Wildman–Crippen MR) is 76.1 cm³/mol. The van der Waals surface area contributed by atoms with Crippen molar-refractivity contribution in [2.24, 2.45) is 0 Å². The molecule has 1 aliphatic rings. The van der Waals surface area contributed by atoms with E-state index in [1.54, 1.807) is 0 Å². The zero-order valence-electron chi connectivity index (χ0n) is 11.4. The molecule has 2 aromatic rings. The highest BCUT2D eigenvalue weighted by molar-refractivity contribution is 5.78. The summed E-state index contributed by atoms with van der Waals surface area (Å²) >= 11 is 0. The second kappa shape index (κ2) is 5.90. The minimum Gasteiger partial charge on any atom is -0.356 e. The highest BCUT2D eigenvalue weighted by Crippen LogP contribution is 2.20. The Morgan fingerprint density at radius 2 is 1.90 bits per heavy atom. The van der Waals surface area contributed by atoms with E-state index in [-0.39, 0.29) is 5.91 Å². The summed E-state index contributed by atoms with van der Waals surface area (Å²) in [5.74, 6) is 0.865. The average Bonchev–Trinajstić information content (AvgIpc) is 2.97. The van der Waals surface area contributed by atoms with Crippen molar-refractivity contribution in [3.63, 3.8) is 0 Å². The van der Waals surface area contributed by atoms with Gasteiger partial charge in [-0.15, -0.1) is 0 Å². The van der Waals surface area contributed by atoms with Gasteiger partial charge in [0.25, 0.3) is 0 Å². The van der Waals surface area contributed by atoms with Gasteiger partial charge in [-0.05, 0) is 19.3 Å². The maximum atomic E-state index is 12.2. The fraction of sp³-hybridized carbons (Fsp3) is 0.375. The van der Waals surface area contributed by atoms with E-state index in [0.29, 0.717) is 17.9 Å². The van der Waals surface area contributed by atoms with Gasteiger partial charge >= 0.3 is 0 Å². The van der Waals surface area contributed by atoms with Crippen LogP contribution in [0.1, 0.15) is 25.0 Å². The van der Waals surface area contributed by atoms with Crippen molar-refractivity contribution in [3.8, 4) is 11.3 Å². The van der Waals surface area contributed by atoms with Crippen molar-refractivity contribution in [1.29, 1.82) is 0 Å². The number of carbonyl (C=O) groups excluding carboxylic acids is 1. The molecule has 1 aromatic heterocycles. The molecule has 1 amide bonds. The standard InChI is InChI=1S/C16H18N2O2/c19-16(18-9-5-2-6-10-18)12-14-11-15(20-17-14)13-7-3-1-4-8-13/h1,3-4,7-8,11H,2,5-6,9-10,12H2. The Balaban J connectivity index is 1.66. The van der Waals surface area contributed by atoms with Crippen molar-refractivity contribution in [2.75, 3.05) is 13.1 Å². The van der Waals surface area contributed by atoms with Crippen molar-refractivity contribution >= 4 is 5.91 Å². The molecule has 0 radical (unpaired) electrons. The molecule has 104 valence electrons. The molecule has 1 aliphatic heterocycles. The van der Waals surface area contributed by atoms with Gasteiger partial charge in [-0.25, -0.2) is 0 Å². The largest absolute Gasteiger partial charge is 0.356 e. The number of hydrogen-bond acceptors (Lipinski definition) is 3. The summed E-state index contributed by atoms with van der Waals surface area (Å²) in [4.78, 5) is 14.1. The third-order valence-electron chi connectivity index (χ3n) is 3.66. The smallest absolute Gasteiger partial charge is 0.228 e. The topological polar surface area (TPSA) is 46.3 Å². The molecule has 1 fully saturated rings. The maximum absolute atomic E-state index is 12.2. The molecule has 2 heterocycles. The third-order valence-corrected chi connectivity index (χ3v) is 3.66. The van der Waals surface area contributed by atoms with Crippen LogP contribution < -0.4 is 0 Å². The Hall–Kier alpha value is -2.10. The van der Waals surface area contributed by atoms with E-state index in [1.165, 1.54) is 6.42 Å². The van der Waals surface area contributed by atoms with E-state index in [1.807, 2.05) is 41.3 Å². The number of piperidine rings is 1. The van der Waals surface area contributed by atoms with Crippen LogP contribution in [0.4, 0.5) is 0 Å². The molecule has 0 aliphatic carbocycles. The Bertz CT molecular complexity index is 571. The van der Waals surface area contributed by atoms with Crippen LogP contribution >= 0.6 is 0 Å². The van der Waals surface area contributed by atoms with Crippen molar-refractivity contribution in [3.05, 3.63) is 42.1 Å². The minimum absolute atomic E-state index is 0.151. The highest BCUT2D eigenvalue weighted by atomic mass is 16.5. The summed E-state index contributed by atoms with van der Waals surface area (Å²) in [7, 11) is 0. The summed E-state index contributed by atoms with van der Waals surface area (Å²) in [6.07, 6.45) is 3.78. The van der Waals surface area contributed by atoms with E-state index in [9.17, 15) is 4.79 Å². The highest BCUT2D eigenvalue weighted by Gasteiger charge is 2.18. The first-order valence-electron chi connectivity index (χ1n) is 7.12. The monoisotopic (exact) mass is 270 g/mol. The second-order valence-corrected chi connectivity index (χ2v) is 5.17. The zero-order chi connectivity index (χ0) is 13.8. The molecule has 3 rings (SSSR count). The lowest BCUT2D eigenvalue weighted by atomic mass is 10.1. The van der Waals surface area contributed by atoms with E-state index >= 15 is 0 Å². The van der Waals surface area contributed by atoms with Crippen LogP contribution in [0.15, 0.2) is 40.9 Å². The molecule has 0 saturated carbocycles. The molecule has 0 atom stereocenters. The molecule has 20 heavy (non-hydrogen) atoms. The minimum atomic E-state index is 0.151. The average molecular weight is 270 g/mol. The van der Waals surface area contributed by atoms with Gasteiger partial charge < -0.3 is 9.42 Å². The van der Waals surface area contributed by atoms with E-state index in [0.717, 1.165) is 31.5 Å². The molecule has 4 nitrogen and oxygen atoms in total. The first kappa shape index (κ1) is 12.9. The lowest BCUT2D eigenvalue weighted by Crippen LogP contribution is -2.36. The van der Waals surface area contributed by atoms with Gasteiger partial charge in [-0.3, -0.25) is 4.79 Å². The van der Waals surface area contributed by atoms with E-state index in [2.05, 4.69) is 5.16 Å². The predicted octanol–water partition coefficient (Wildman–Crippen LogP) is 2.90. The molecule has 0 N–H and O–H groups in total. The summed E-state index contributed by atoms with van der Waals surface area (Å²) in [5.41, 5.74) is 1.69. The molecule has 0 bridgehead atoms. The SMILES string of the molecule is O=C(Cc1cc(-c2ccccc2)on1)N1CCCCC1. The van der Waals surface area contributed by atoms with Gasteiger partial charge in [-0.1, -0.05) is 35.5 Å². The summed E-state index contributed by atoms with van der Waals surface area (Å²) in [6.45, 7) is 1.75. The quantitative estimate of drug-likeness (QED) is 0.861. The van der Waals surface area contributed by atoms with Gasteiger partial charge in [0, 0.05) is 24.7 Å². The lowest BCUT2D eigenvalue weighted by molar-refractivity contribution is -0.131. The first-order chi connectivity index (χ1) is 9.83. The van der Waals surface area contributed by atoms with Crippen LogP contribution in [-0.2, 0) is 11.2 Å². The molecular formula is C16H18N2O2. The number of carbonyl (C=O) groups is 1. The number of hydrogen-bond donors (Lipinski definition) is 0. The molecule has 1 aromatic carbocycles. The Morgan fingerprint density at radius 3 is 2.65 bits per heavy atom. The summed E-state index contributed by atoms with van der Waals surface area (Å²) < 4.78 is 5.32. The molecule has 0 unspecified atom stereocenters. The molecular weight excluding hydrogens is 252 g/mol. The van der Waals surface area contributed by atoms with Crippen LogP contribution in [0.2, 0.25) is 0 Å². The van der Waals surface area contributed by atoms with Crippen molar-refractivity contribution < 1.29 is 9.32 Å². The maximum Gasteiger partial charge on any atom is 0.228 e. The van der Waals surface area contributed by atoms with Crippen LogP contribution in [0.3, 0.4) is 0 Å². The zero-order valence-corrected chi connectivity index (χ0v) is 11.4. The Kier molecular flexibility index (Phi) is 3.81. The van der Waals surface area contributed by atoms with Gasteiger partial charge in [0.1, 0.15) is 0 Å². The first-order valence-corrected chi connectivity index (χ1v) is 7.12. The third kappa shape index (κ3) is 2.90. The molecule has 1 saturated heterocycles. The van der Waals surface area contributed by atoms with Gasteiger partial charge in [0.05, 0.1) is 12.1 Å². The molecule has 4 heteroatoms. The van der Waals surface area contributed by atoms with Gasteiger partial charge in [0.2, 0.25) is 5.91 Å². The van der Waals surface area contributed by atoms with Crippen LogP contribution in [0.25, 0.3) is 11.3 Å². The van der Waals surface area contributed by atoms with E-state index < -0.39 is 0 Å². The number of aromatic nitrogens is 1. The second-order valence-electron chi connectivity index (χ2n) is 5.17.